The van der Waals surface area contributed by atoms with E-state index in [2.05, 4.69) is 42.5 Å². The molecule has 3 nitrogen and oxygen atoms in total. The fraction of sp³-hybridized carbons (Fsp3) is 0.462. The number of hydrogen-bond donors (Lipinski definition) is 1. The van der Waals surface area contributed by atoms with Crippen molar-refractivity contribution in [2.75, 3.05) is 0 Å². The van der Waals surface area contributed by atoms with Gasteiger partial charge in [0.15, 0.2) is 5.76 Å². The largest absolute Gasteiger partial charge is 0.438 e. The minimum Gasteiger partial charge on any atom is -0.438 e. The Morgan fingerprint density at radius 1 is 1.47 bits per heavy atom. The molecule has 0 amide bonds. The van der Waals surface area contributed by atoms with E-state index in [1.54, 1.807) is 11.3 Å². The molecular weight excluding hydrogens is 232 g/mol. The van der Waals surface area contributed by atoms with Crippen LogP contribution in [-0.2, 0) is 13.0 Å². The molecule has 0 aliphatic heterocycles. The van der Waals surface area contributed by atoms with Gasteiger partial charge in [0.25, 0.3) is 0 Å². The summed E-state index contributed by atoms with van der Waals surface area (Å²) < 4.78 is 5.76. The smallest absolute Gasteiger partial charge is 0.208 e. The third-order valence-electron chi connectivity index (χ3n) is 2.57. The van der Waals surface area contributed by atoms with Crippen LogP contribution in [0.2, 0.25) is 0 Å². The molecule has 2 heterocycles. The molecule has 2 aromatic heterocycles. The van der Waals surface area contributed by atoms with Crippen LogP contribution in [-0.4, -0.2) is 11.0 Å². The Balaban J connectivity index is 2.12. The van der Waals surface area contributed by atoms with E-state index in [-0.39, 0.29) is 0 Å². The van der Waals surface area contributed by atoms with E-state index in [0.717, 1.165) is 18.1 Å². The zero-order chi connectivity index (χ0) is 12.3. The molecule has 0 spiro atoms. The predicted octanol–water partition coefficient (Wildman–Crippen LogP) is 3.46. The molecule has 1 N–H and O–H groups in total. The zero-order valence-corrected chi connectivity index (χ0v) is 11.3. The van der Waals surface area contributed by atoms with E-state index in [0.29, 0.717) is 12.6 Å². The molecule has 0 saturated heterocycles. The Hall–Kier alpha value is -1.13. The summed E-state index contributed by atoms with van der Waals surface area (Å²) in [4.78, 5) is 5.50. The second-order valence-electron chi connectivity index (χ2n) is 4.28. The van der Waals surface area contributed by atoms with Crippen LogP contribution in [0, 0.1) is 0 Å². The van der Waals surface area contributed by atoms with Gasteiger partial charge in [-0.3, -0.25) is 0 Å². The molecule has 2 aromatic rings. The van der Waals surface area contributed by atoms with Crippen LogP contribution in [0.3, 0.4) is 0 Å². The Bertz CT molecular complexity index is 473. The lowest BCUT2D eigenvalue weighted by Gasteiger charge is -2.04. The van der Waals surface area contributed by atoms with Gasteiger partial charge in [0.05, 0.1) is 17.6 Å². The van der Waals surface area contributed by atoms with Crippen molar-refractivity contribution in [2.45, 2.75) is 39.8 Å². The van der Waals surface area contributed by atoms with Crippen LogP contribution in [0.1, 0.15) is 32.2 Å². The van der Waals surface area contributed by atoms with Crippen LogP contribution in [0.25, 0.3) is 10.6 Å². The van der Waals surface area contributed by atoms with Gasteiger partial charge < -0.3 is 9.73 Å². The van der Waals surface area contributed by atoms with Crippen molar-refractivity contribution in [3.05, 3.63) is 29.1 Å². The number of nitrogens with zero attached hydrogens (tertiary/aromatic N) is 1. The van der Waals surface area contributed by atoms with Crippen molar-refractivity contribution in [1.82, 2.24) is 10.3 Å². The van der Waals surface area contributed by atoms with Gasteiger partial charge in [-0.2, -0.15) is 0 Å². The number of aromatic nitrogens is 1. The van der Waals surface area contributed by atoms with E-state index in [4.69, 9.17) is 4.42 Å². The molecule has 0 aromatic carbocycles. The van der Waals surface area contributed by atoms with E-state index in [9.17, 15) is 0 Å². The van der Waals surface area contributed by atoms with E-state index < -0.39 is 0 Å². The van der Waals surface area contributed by atoms with Crippen molar-refractivity contribution < 1.29 is 4.42 Å². The van der Waals surface area contributed by atoms with E-state index >= 15 is 0 Å². The van der Waals surface area contributed by atoms with Gasteiger partial charge in [-0.25, -0.2) is 4.98 Å². The summed E-state index contributed by atoms with van der Waals surface area (Å²) in [7, 11) is 0. The van der Waals surface area contributed by atoms with Gasteiger partial charge in [-0.1, -0.05) is 20.8 Å². The maximum absolute atomic E-state index is 5.76. The predicted molar refractivity (Wildman–Crippen MR) is 71.2 cm³/mol. The van der Waals surface area contributed by atoms with Crippen LogP contribution in [0.15, 0.2) is 22.1 Å². The van der Waals surface area contributed by atoms with Gasteiger partial charge in [-0.15, -0.1) is 11.3 Å². The van der Waals surface area contributed by atoms with Crippen LogP contribution < -0.4 is 5.32 Å². The zero-order valence-electron chi connectivity index (χ0n) is 10.5. The molecule has 0 saturated carbocycles. The van der Waals surface area contributed by atoms with Crippen molar-refractivity contribution in [3.63, 3.8) is 0 Å². The molecule has 92 valence electrons. The number of aryl methyl sites for hydroxylation is 1. The van der Waals surface area contributed by atoms with Crippen molar-refractivity contribution in [3.8, 4) is 10.6 Å². The Morgan fingerprint density at radius 2 is 2.29 bits per heavy atom. The van der Waals surface area contributed by atoms with Crippen LogP contribution in [0.4, 0.5) is 0 Å². The third kappa shape index (κ3) is 2.96. The van der Waals surface area contributed by atoms with Crippen LogP contribution in [0.5, 0.6) is 0 Å². The molecule has 4 heteroatoms. The first-order chi connectivity index (χ1) is 8.20. The molecule has 0 atom stereocenters. The lowest BCUT2D eigenvalue weighted by Crippen LogP contribution is -2.21. The Labute approximate surface area is 106 Å². The molecule has 0 fully saturated rings. The van der Waals surface area contributed by atoms with Crippen molar-refractivity contribution >= 4 is 11.3 Å². The van der Waals surface area contributed by atoms with Gasteiger partial charge in [-0.05, 0) is 23.4 Å². The maximum Gasteiger partial charge on any atom is 0.208 e. The molecule has 0 aliphatic rings. The molecular formula is C13H18N2OS. The van der Waals surface area contributed by atoms with E-state index in [1.807, 2.05) is 6.20 Å². The fourth-order valence-corrected chi connectivity index (χ4v) is 2.56. The summed E-state index contributed by atoms with van der Waals surface area (Å²) in [5.41, 5.74) is 1.33. The summed E-state index contributed by atoms with van der Waals surface area (Å²) >= 11 is 1.71. The van der Waals surface area contributed by atoms with Gasteiger partial charge >= 0.3 is 0 Å². The number of rotatable bonds is 5. The highest BCUT2D eigenvalue weighted by atomic mass is 32.1. The minimum atomic E-state index is 0.443. The molecule has 2 rings (SSSR count). The average Bonchev–Trinajstić information content (AvgIpc) is 2.94. The second-order valence-corrected chi connectivity index (χ2v) is 5.20. The first-order valence-electron chi connectivity index (χ1n) is 5.95. The van der Waals surface area contributed by atoms with Gasteiger partial charge in [0.1, 0.15) is 0 Å². The lowest BCUT2D eigenvalue weighted by atomic mass is 10.2. The molecule has 0 radical (unpaired) electrons. The third-order valence-corrected chi connectivity index (χ3v) is 3.54. The average molecular weight is 250 g/mol. The van der Waals surface area contributed by atoms with Gasteiger partial charge in [0, 0.05) is 6.04 Å². The van der Waals surface area contributed by atoms with Crippen LogP contribution >= 0.6 is 11.3 Å². The highest BCUT2D eigenvalue weighted by Crippen LogP contribution is 2.30. The standard InChI is InChI=1S/C13H18N2OS/c1-4-10-5-6-17-13(10)11-7-15-12(16-11)8-14-9(2)3/h5-7,9,14H,4,8H2,1-3H3. The van der Waals surface area contributed by atoms with Crippen molar-refractivity contribution in [2.24, 2.45) is 0 Å². The lowest BCUT2D eigenvalue weighted by molar-refractivity contribution is 0.459. The fourth-order valence-electron chi connectivity index (χ4n) is 1.62. The minimum absolute atomic E-state index is 0.443. The Kier molecular flexibility index (Phi) is 3.97. The summed E-state index contributed by atoms with van der Waals surface area (Å²) in [6.45, 7) is 7.06. The first kappa shape index (κ1) is 12.3. The van der Waals surface area contributed by atoms with E-state index in [1.165, 1.54) is 10.4 Å². The second kappa shape index (κ2) is 5.47. The topological polar surface area (TPSA) is 38.1 Å². The molecule has 0 aliphatic carbocycles. The Morgan fingerprint density at radius 3 is 3.00 bits per heavy atom. The monoisotopic (exact) mass is 250 g/mol. The quantitative estimate of drug-likeness (QED) is 0.883. The number of oxazole rings is 1. The number of hydrogen-bond acceptors (Lipinski definition) is 4. The molecule has 0 bridgehead atoms. The summed E-state index contributed by atoms with van der Waals surface area (Å²) in [5.74, 6) is 1.64. The first-order valence-corrected chi connectivity index (χ1v) is 6.83. The summed E-state index contributed by atoms with van der Waals surface area (Å²) in [6.07, 6.45) is 2.85. The highest BCUT2D eigenvalue weighted by molar-refractivity contribution is 7.13. The normalized spacial score (nSPS) is 11.3. The SMILES string of the molecule is CCc1ccsc1-c1cnc(CNC(C)C)o1. The highest BCUT2D eigenvalue weighted by Gasteiger charge is 2.11. The van der Waals surface area contributed by atoms with Gasteiger partial charge in [0.2, 0.25) is 5.89 Å². The summed E-state index contributed by atoms with van der Waals surface area (Å²) in [6, 6.07) is 2.59. The molecule has 17 heavy (non-hydrogen) atoms. The number of nitrogens with one attached hydrogen (secondary N) is 1. The molecule has 0 unspecified atom stereocenters. The maximum atomic E-state index is 5.76. The number of thiophene rings is 1. The summed E-state index contributed by atoms with van der Waals surface area (Å²) in [5, 5.41) is 5.40. The van der Waals surface area contributed by atoms with Crippen molar-refractivity contribution in [1.29, 1.82) is 0 Å².